The molecule has 0 bridgehead atoms. The Labute approximate surface area is 145 Å². The molecule has 24 heavy (non-hydrogen) atoms. The minimum atomic E-state index is -0.512. The molecule has 122 valence electrons. The molecule has 1 saturated carbocycles. The zero-order valence-corrected chi connectivity index (χ0v) is 14.0. The molecule has 0 atom stereocenters. The third-order valence-electron chi connectivity index (χ3n) is 3.65. The van der Waals surface area contributed by atoms with Crippen molar-refractivity contribution in [3.63, 3.8) is 0 Å². The Morgan fingerprint density at radius 3 is 2.96 bits per heavy atom. The summed E-state index contributed by atoms with van der Waals surface area (Å²) >= 11 is 7.27. The number of carbonyl (C=O) groups excluding carboxylic acids is 1. The molecule has 0 unspecified atom stereocenters. The zero-order valence-electron chi connectivity index (χ0n) is 12.4. The molecule has 0 aliphatic heterocycles. The molecular formula is C16H12ClN3O3S. The number of ether oxygens (including phenoxy) is 1. The molecule has 2 aromatic heterocycles. The standard InChI is InChI=1S/C16H12ClN3O3S/c17-11-3-1-2-10(6-11)15(22)23-8-12-7-13(21)20-16(18-12)24-14(19-20)9-4-5-9/h1-3,6-7,9H,4-5,8H2. The average Bonchev–Trinajstić information content (AvgIpc) is 3.32. The van der Waals surface area contributed by atoms with Crippen LogP contribution < -0.4 is 5.56 Å². The number of rotatable bonds is 4. The van der Waals surface area contributed by atoms with Gasteiger partial charge in [0.05, 0.1) is 11.3 Å². The van der Waals surface area contributed by atoms with Gasteiger partial charge >= 0.3 is 5.97 Å². The normalized spacial score (nSPS) is 14.0. The summed E-state index contributed by atoms with van der Waals surface area (Å²) in [6, 6.07) is 7.84. The highest BCUT2D eigenvalue weighted by Crippen LogP contribution is 2.41. The lowest BCUT2D eigenvalue weighted by molar-refractivity contribution is 0.0468. The van der Waals surface area contributed by atoms with Crippen molar-refractivity contribution in [2.75, 3.05) is 0 Å². The summed E-state index contributed by atoms with van der Waals surface area (Å²) in [6.45, 7) is -0.0756. The van der Waals surface area contributed by atoms with Gasteiger partial charge in [0.1, 0.15) is 11.6 Å². The van der Waals surface area contributed by atoms with Gasteiger partial charge in [-0.1, -0.05) is 29.0 Å². The maximum Gasteiger partial charge on any atom is 0.338 e. The molecule has 4 rings (SSSR count). The van der Waals surface area contributed by atoms with Crippen LogP contribution >= 0.6 is 22.9 Å². The highest BCUT2D eigenvalue weighted by Gasteiger charge is 2.28. The number of carbonyl (C=O) groups is 1. The van der Waals surface area contributed by atoms with Crippen LogP contribution in [0.5, 0.6) is 0 Å². The maximum absolute atomic E-state index is 12.1. The van der Waals surface area contributed by atoms with Gasteiger partial charge in [0.2, 0.25) is 4.96 Å². The van der Waals surface area contributed by atoms with E-state index in [0.717, 1.165) is 17.8 Å². The molecule has 0 spiro atoms. The van der Waals surface area contributed by atoms with E-state index < -0.39 is 5.97 Å². The lowest BCUT2D eigenvalue weighted by Gasteiger charge is -2.04. The van der Waals surface area contributed by atoms with Gasteiger partial charge in [0.15, 0.2) is 0 Å². The molecule has 1 fully saturated rings. The number of hydrogen-bond acceptors (Lipinski definition) is 6. The Hall–Kier alpha value is -2.25. The second kappa shape index (κ2) is 5.99. The largest absolute Gasteiger partial charge is 0.456 e. The minimum Gasteiger partial charge on any atom is -0.456 e. The summed E-state index contributed by atoms with van der Waals surface area (Å²) in [5.74, 6) is -0.0531. The molecule has 1 aliphatic carbocycles. The minimum absolute atomic E-state index is 0.0756. The number of nitrogens with zero attached hydrogens (tertiary/aromatic N) is 3. The lowest BCUT2D eigenvalue weighted by Crippen LogP contribution is -2.16. The monoisotopic (exact) mass is 361 g/mol. The summed E-state index contributed by atoms with van der Waals surface area (Å²) in [4.78, 5) is 29.0. The molecule has 0 N–H and O–H groups in total. The molecular weight excluding hydrogens is 350 g/mol. The summed E-state index contributed by atoms with van der Waals surface area (Å²) < 4.78 is 6.52. The van der Waals surface area contributed by atoms with E-state index in [4.69, 9.17) is 16.3 Å². The van der Waals surface area contributed by atoms with Crippen LogP contribution in [0.1, 0.15) is 39.8 Å². The SMILES string of the molecule is O=C(OCc1cc(=O)n2nc(C3CC3)sc2n1)c1cccc(Cl)c1. The zero-order chi connectivity index (χ0) is 16.7. The van der Waals surface area contributed by atoms with Crippen LogP contribution in [0.25, 0.3) is 4.96 Å². The number of esters is 1. The van der Waals surface area contributed by atoms with Crippen molar-refractivity contribution in [3.05, 3.63) is 62.0 Å². The number of fused-ring (bicyclic) bond motifs is 1. The maximum atomic E-state index is 12.1. The molecule has 0 saturated heterocycles. The third kappa shape index (κ3) is 3.05. The van der Waals surface area contributed by atoms with E-state index in [2.05, 4.69) is 10.1 Å². The van der Waals surface area contributed by atoms with Crippen LogP contribution in [0.15, 0.2) is 35.1 Å². The Balaban J connectivity index is 1.54. The van der Waals surface area contributed by atoms with E-state index in [1.807, 2.05) is 0 Å². The second-order valence-corrected chi connectivity index (χ2v) is 7.01. The van der Waals surface area contributed by atoms with E-state index in [1.165, 1.54) is 28.0 Å². The second-order valence-electron chi connectivity index (χ2n) is 5.58. The summed E-state index contributed by atoms with van der Waals surface area (Å²) in [5, 5.41) is 5.70. The number of benzene rings is 1. The summed E-state index contributed by atoms with van der Waals surface area (Å²) in [5.41, 5.74) is 0.493. The van der Waals surface area contributed by atoms with Gasteiger partial charge in [0, 0.05) is 17.0 Å². The molecule has 3 aromatic rings. The van der Waals surface area contributed by atoms with Crippen LogP contribution in [0.2, 0.25) is 5.02 Å². The van der Waals surface area contributed by atoms with Crippen molar-refractivity contribution in [1.29, 1.82) is 0 Å². The van der Waals surface area contributed by atoms with Gasteiger partial charge < -0.3 is 4.74 Å². The molecule has 0 radical (unpaired) electrons. The smallest absolute Gasteiger partial charge is 0.338 e. The van der Waals surface area contributed by atoms with Crippen LogP contribution in [-0.4, -0.2) is 20.6 Å². The quantitative estimate of drug-likeness (QED) is 0.668. The van der Waals surface area contributed by atoms with Crippen molar-refractivity contribution in [2.45, 2.75) is 25.4 Å². The molecule has 8 heteroatoms. The van der Waals surface area contributed by atoms with Crippen LogP contribution in [0.3, 0.4) is 0 Å². The molecule has 1 aromatic carbocycles. The van der Waals surface area contributed by atoms with Gasteiger partial charge in [-0.15, -0.1) is 0 Å². The molecule has 1 aliphatic rings. The predicted octanol–water partition coefficient (Wildman–Crippen LogP) is 3.04. The topological polar surface area (TPSA) is 73.6 Å². The number of hydrogen-bond donors (Lipinski definition) is 0. The van der Waals surface area contributed by atoms with Gasteiger partial charge in [-0.05, 0) is 31.0 Å². The van der Waals surface area contributed by atoms with Crippen LogP contribution in [0.4, 0.5) is 0 Å². The van der Waals surface area contributed by atoms with E-state index >= 15 is 0 Å². The number of halogens is 1. The van der Waals surface area contributed by atoms with Crippen LogP contribution in [-0.2, 0) is 11.3 Å². The van der Waals surface area contributed by atoms with Gasteiger partial charge in [-0.25, -0.2) is 9.78 Å². The van der Waals surface area contributed by atoms with E-state index in [1.54, 1.807) is 18.2 Å². The highest BCUT2D eigenvalue weighted by molar-refractivity contribution is 7.16. The Morgan fingerprint density at radius 2 is 2.21 bits per heavy atom. The third-order valence-corrected chi connectivity index (χ3v) is 4.96. The lowest BCUT2D eigenvalue weighted by atomic mass is 10.2. The first-order chi connectivity index (χ1) is 11.6. The molecule has 2 heterocycles. The first-order valence-electron chi connectivity index (χ1n) is 7.42. The van der Waals surface area contributed by atoms with Gasteiger partial charge in [0.25, 0.3) is 5.56 Å². The fourth-order valence-electron chi connectivity index (χ4n) is 2.28. The fraction of sp³-hybridized carbons (Fsp3) is 0.250. The molecule has 0 amide bonds. The van der Waals surface area contributed by atoms with Crippen molar-refractivity contribution in [1.82, 2.24) is 14.6 Å². The summed E-state index contributed by atoms with van der Waals surface area (Å²) in [7, 11) is 0. The van der Waals surface area contributed by atoms with Crippen LogP contribution in [0, 0.1) is 0 Å². The number of aromatic nitrogens is 3. The highest BCUT2D eigenvalue weighted by atomic mass is 35.5. The van der Waals surface area contributed by atoms with E-state index in [9.17, 15) is 9.59 Å². The van der Waals surface area contributed by atoms with E-state index in [-0.39, 0.29) is 12.2 Å². The van der Waals surface area contributed by atoms with Crippen molar-refractivity contribution < 1.29 is 9.53 Å². The molecule has 6 nitrogen and oxygen atoms in total. The summed E-state index contributed by atoms with van der Waals surface area (Å²) in [6.07, 6.45) is 2.22. The first-order valence-corrected chi connectivity index (χ1v) is 8.62. The predicted molar refractivity (Wildman–Crippen MR) is 89.7 cm³/mol. The van der Waals surface area contributed by atoms with Crippen molar-refractivity contribution in [3.8, 4) is 0 Å². The Kier molecular flexibility index (Phi) is 3.82. The average molecular weight is 362 g/mol. The van der Waals surface area contributed by atoms with Crippen molar-refractivity contribution in [2.24, 2.45) is 0 Å². The Morgan fingerprint density at radius 1 is 1.38 bits per heavy atom. The van der Waals surface area contributed by atoms with Gasteiger partial charge in [-0.3, -0.25) is 4.79 Å². The van der Waals surface area contributed by atoms with Gasteiger partial charge in [-0.2, -0.15) is 9.61 Å². The first kappa shape index (κ1) is 15.3. The van der Waals surface area contributed by atoms with Crippen molar-refractivity contribution >= 4 is 33.9 Å². The fourth-order valence-corrected chi connectivity index (χ4v) is 3.56. The Bertz CT molecular complexity index is 994. The van der Waals surface area contributed by atoms with E-state index in [0.29, 0.717) is 27.2 Å².